The van der Waals surface area contributed by atoms with Crippen molar-refractivity contribution in [1.29, 1.82) is 0 Å². The fourth-order valence-electron chi connectivity index (χ4n) is 2.75. The molecule has 0 amide bonds. The molecule has 2 heteroatoms. The van der Waals surface area contributed by atoms with Gasteiger partial charge in [-0.3, -0.25) is 0 Å². The van der Waals surface area contributed by atoms with Crippen molar-refractivity contribution in [2.24, 2.45) is 0 Å². The van der Waals surface area contributed by atoms with Crippen molar-refractivity contribution >= 4 is 0 Å². The van der Waals surface area contributed by atoms with Crippen LogP contribution in [0.15, 0.2) is 24.3 Å². The van der Waals surface area contributed by atoms with Gasteiger partial charge in [0.15, 0.2) is 0 Å². The zero-order valence-electron chi connectivity index (χ0n) is 10.3. The van der Waals surface area contributed by atoms with E-state index >= 15 is 0 Å². The average molecular weight is 220 g/mol. The first-order valence-electron chi connectivity index (χ1n) is 5.86. The number of ether oxygens (including phenoxy) is 1. The molecule has 2 atom stereocenters. The van der Waals surface area contributed by atoms with Crippen LogP contribution in [0, 0.1) is 0 Å². The highest BCUT2D eigenvalue weighted by Crippen LogP contribution is 2.48. The Hall–Kier alpha value is -1.02. The number of rotatable bonds is 2. The van der Waals surface area contributed by atoms with E-state index in [0.717, 1.165) is 25.0 Å². The van der Waals surface area contributed by atoms with E-state index in [4.69, 9.17) is 4.74 Å². The van der Waals surface area contributed by atoms with Crippen molar-refractivity contribution < 1.29 is 9.84 Å². The van der Waals surface area contributed by atoms with Crippen molar-refractivity contribution in [1.82, 2.24) is 0 Å². The van der Waals surface area contributed by atoms with Gasteiger partial charge in [0, 0.05) is 5.41 Å². The van der Waals surface area contributed by atoms with Crippen LogP contribution in [-0.4, -0.2) is 17.8 Å². The lowest BCUT2D eigenvalue weighted by Gasteiger charge is -2.37. The fourth-order valence-corrected chi connectivity index (χ4v) is 2.75. The Balaban J connectivity index is 2.42. The lowest BCUT2D eigenvalue weighted by Crippen LogP contribution is -2.42. The molecule has 0 radical (unpaired) electrons. The Kier molecular flexibility index (Phi) is 2.70. The maximum atomic E-state index is 10.5. The summed E-state index contributed by atoms with van der Waals surface area (Å²) in [6.45, 7) is 4.09. The van der Waals surface area contributed by atoms with Crippen LogP contribution < -0.4 is 4.74 Å². The van der Waals surface area contributed by atoms with Gasteiger partial charge in [-0.15, -0.1) is 0 Å². The molecule has 1 aliphatic carbocycles. The van der Waals surface area contributed by atoms with Crippen LogP contribution in [0.4, 0.5) is 0 Å². The van der Waals surface area contributed by atoms with Gasteiger partial charge in [0.2, 0.25) is 0 Å². The summed E-state index contributed by atoms with van der Waals surface area (Å²) in [6.07, 6.45) is 2.99. The number of hydrogen-bond donors (Lipinski definition) is 1. The van der Waals surface area contributed by atoms with Gasteiger partial charge in [-0.25, -0.2) is 0 Å². The average Bonchev–Trinajstić information content (AvgIpc) is 2.55. The van der Waals surface area contributed by atoms with Crippen molar-refractivity contribution in [2.45, 2.75) is 44.1 Å². The number of benzene rings is 1. The standard InChI is InChI=1S/C14H20O2/c1-13(8-5-9-14(13,2)15)11-6-4-7-12(10-11)16-3/h4,6-7,10,15H,5,8-9H2,1-3H3. The van der Waals surface area contributed by atoms with Crippen molar-refractivity contribution in [3.8, 4) is 5.75 Å². The summed E-state index contributed by atoms with van der Waals surface area (Å²) < 4.78 is 5.25. The van der Waals surface area contributed by atoms with Gasteiger partial charge in [0.05, 0.1) is 12.7 Å². The van der Waals surface area contributed by atoms with Gasteiger partial charge in [0.1, 0.15) is 5.75 Å². The number of aliphatic hydroxyl groups is 1. The van der Waals surface area contributed by atoms with E-state index in [-0.39, 0.29) is 5.41 Å². The third-order valence-electron chi connectivity index (χ3n) is 4.24. The lowest BCUT2D eigenvalue weighted by molar-refractivity contribution is 0.00684. The highest BCUT2D eigenvalue weighted by molar-refractivity contribution is 5.36. The van der Waals surface area contributed by atoms with Gasteiger partial charge < -0.3 is 9.84 Å². The molecule has 1 aliphatic rings. The Bertz CT molecular complexity index is 384. The predicted molar refractivity (Wildman–Crippen MR) is 64.8 cm³/mol. The third kappa shape index (κ3) is 1.61. The molecule has 1 saturated carbocycles. The van der Waals surface area contributed by atoms with Crippen LogP contribution in [-0.2, 0) is 5.41 Å². The van der Waals surface area contributed by atoms with E-state index in [0.29, 0.717) is 0 Å². The van der Waals surface area contributed by atoms with Crippen molar-refractivity contribution in [3.05, 3.63) is 29.8 Å². The summed E-state index contributed by atoms with van der Waals surface area (Å²) >= 11 is 0. The summed E-state index contributed by atoms with van der Waals surface area (Å²) in [4.78, 5) is 0. The van der Waals surface area contributed by atoms with Crippen molar-refractivity contribution in [2.75, 3.05) is 7.11 Å². The summed E-state index contributed by atoms with van der Waals surface area (Å²) in [5.74, 6) is 0.862. The van der Waals surface area contributed by atoms with E-state index < -0.39 is 5.60 Å². The van der Waals surface area contributed by atoms with Crippen molar-refractivity contribution in [3.63, 3.8) is 0 Å². The fraction of sp³-hybridized carbons (Fsp3) is 0.571. The highest BCUT2D eigenvalue weighted by atomic mass is 16.5. The Labute approximate surface area is 97.3 Å². The Morgan fingerprint density at radius 2 is 2.00 bits per heavy atom. The molecule has 2 unspecified atom stereocenters. The quantitative estimate of drug-likeness (QED) is 0.830. The molecule has 0 bridgehead atoms. The zero-order chi connectivity index (χ0) is 11.8. The van der Waals surface area contributed by atoms with Gasteiger partial charge in [-0.05, 0) is 43.9 Å². The monoisotopic (exact) mass is 220 g/mol. The summed E-state index contributed by atoms with van der Waals surface area (Å²) in [7, 11) is 1.67. The Morgan fingerprint density at radius 3 is 2.56 bits per heavy atom. The molecule has 0 aromatic heterocycles. The molecule has 1 aromatic carbocycles. The van der Waals surface area contributed by atoms with E-state index in [9.17, 15) is 5.11 Å². The second-order valence-electron chi connectivity index (χ2n) is 5.19. The largest absolute Gasteiger partial charge is 0.497 e. The summed E-state index contributed by atoms with van der Waals surface area (Å²) in [5.41, 5.74) is 0.412. The van der Waals surface area contributed by atoms with E-state index in [2.05, 4.69) is 13.0 Å². The lowest BCUT2D eigenvalue weighted by atomic mass is 9.72. The maximum Gasteiger partial charge on any atom is 0.119 e. The number of methoxy groups -OCH3 is 1. The van der Waals surface area contributed by atoms with Gasteiger partial charge in [-0.2, -0.15) is 0 Å². The zero-order valence-corrected chi connectivity index (χ0v) is 10.3. The molecule has 88 valence electrons. The second-order valence-corrected chi connectivity index (χ2v) is 5.19. The minimum absolute atomic E-state index is 0.151. The second kappa shape index (κ2) is 3.77. The van der Waals surface area contributed by atoms with E-state index in [1.54, 1.807) is 7.11 Å². The van der Waals surface area contributed by atoms with E-state index in [1.807, 2.05) is 25.1 Å². The summed E-state index contributed by atoms with van der Waals surface area (Å²) in [6, 6.07) is 8.06. The van der Waals surface area contributed by atoms with E-state index in [1.165, 1.54) is 5.56 Å². The highest BCUT2D eigenvalue weighted by Gasteiger charge is 2.48. The molecular formula is C14H20O2. The predicted octanol–water partition coefficient (Wildman–Crippen LogP) is 2.89. The van der Waals surface area contributed by atoms with Gasteiger partial charge in [0.25, 0.3) is 0 Å². The molecular weight excluding hydrogens is 200 g/mol. The number of hydrogen-bond acceptors (Lipinski definition) is 2. The maximum absolute atomic E-state index is 10.5. The SMILES string of the molecule is COc1cccc(C2(C)CCCC2(C)O)c1. The molecule has 0 saturated heterocycles. The first-order valence-corrected chi connectivity index (χ1v) is 5.86. The molecule has 0 aliphatic heterocycles. The van der Waals surface area contributed by atoms with Gasteiger partial charge in [-0.1, -0.05) is 19.1 Å². The van der Waals surface area contributed by atoms with Crippen LogP contribution >= 0.6 is 0 Å². The van der Waals surface area contributed by atoms with Crippen LogP contribution in [0.5, 0.6) is 5.75 Å². The molecule has 16 heavy (non-hydrogen) atoms. The normalized spacial score (nSPS) is 34.0. The van der Waals surface area contributed by atoms with Crippen LogP contribution in [0.25, 0.3) is 0 Å². The van der Waals surface area contributed by atoms with Gasteiger partial charge >= 0.3 is 0 Å². The third-order valence-corrected chi connectivity index (χ3v) is 4.24. The minimum atomic E-state index is -0.612. The Morgan fingerprint density at radius 1 is 1.25 bits per heavy atom. The molecule has 2 rings (SSSR count). The van der Waals surface area contributed by atoms with Crippen LogP contribution in [0.2, 0.25) is 0 Å². The molecule has 0 spiro atoms. The topological polar surface area (TPSA) is 29.5 Å². The first kappa shape index (κ1) is 11.5. The molecule has 1 fully saturated rings. The smallest absolute Gasteiger partial charge is 0.119 e. The minimum Gasteiger partial charge on any atom is -0.497 e. The first-order chi connectivity index (χ1) is 7.49. The van der Waals surface area contributed by atoms with Crippen LogP contribution in [0.1, 0.15) is 38.7 Å². The molecule has 0 heterocycles. The molecule has 1 aromatic rings. The van der Waals surface area contributed by atoms with Crippen LogP contribution in [0.3, 0.4) is 0 Å². The molecule has 2 nitrogen and oxygen atoms in total. The summed E-state index contributed by atoms with van der Waals surface area (Å²) in [5, 5.41) is 10.5. The molecule has 1 N–H and O–H groups in total.